The number of rotatable bonds is 3. The molecule has 0 radical (unpaired) electrons. The van der Waals surface area contributed by atoms with Crippen molar-refractivity contribution in [2.75, 3.05) is 12.4 Å². The number of hydrogen-bond acceptors (Lipinski definition) is 5. The third-order valence-electron chi connectivity index (χ3n) is 3.66. The number of carbonyl (C=O) groups is 1. The van der Waals surface area contributed by atoms with Crippen molar-refractivity contribution in [3.63, 3.8) is 0 Å². The van der Waals surface area contributed by atoms with Crippen LogP contribution >= 0.6 is 51.0 Å². The number of thiophene rings is 1. The monoisotopic (exact) mass is 449 g/mol. The van der Waals surface area contributed by atoms with Gasteiger partial charge in [-0.25, -0.2) is 13.4 Å². The zero-order valence-electron chi connectivity index (χ0n) is 12.6. The van der Waals surface area contributed by atoms with Gasteiger partial charge in [0.1, 0.15) is 11.9 Å². The molecule has 0 aliphatic carbocycles. The van der Waals surface area contributed by atoms with Crippen molar-refractivity contribution in [2.24, 2.45) is 0 Å². The molecule has 128 valence electrons. The number of nitrogens with zero attached hydrogens (tertiary/aromatic N) is 1. The highest BCUT2D eigenvalue weighted by Gasteiger charge is 2.33. The van der Waals surface area contributed by atoms with Gasteiger partial charge in [-0.2, -0.15) is 0 Å². The van der Waals surface area contributed by atoms with Gasteiger partial charge in [0.2, 0.25) is 5.91 Å². The molecule has 1 aromatic carbocycles. The highest BCUT2D eigenvalue weighted by atomic mass is 79.9. The lowest BCUT2D eigenvalue weighted by atomic mass is 10.1. The Labute approximate surface area is 161 Å². The first kappa shape index (κ1) is 18.2. The Morgan fingerprint density at radius 3 is 2.92 bits per heavy atom. The van der Waals surface area contributed by atoms with Crippen molar-refractivity contribution < 1.29 is 9.18 Å². The zero-order chi connectivity index (χ0) is 17.3. The van der Waals surface area contributed by atoms with Crippen LogP contribution in [-0.4, -0.2) is 23.3 Å². The van der Waals surface area contributed by atoms with E-state index in [9.17, 15) is 9.18 Å². The predicted molar refractivity (Wildman–Crippen MR) is 102 cm³/mol. The van der Waals surface area contributed by atoms with Crippen molar-refractivity contribution in [1.29, 1.82) is 0 Å². The van der Waals surface area contributed by atoms with E-state index in [1.165, 1.54) is 35.2 Å². The molecule has 24 heavy (non-hydrogen) atoms. The molecule has 1 aliphatic heterocycles. The molecule has 1 aliphatic rings. The lowest BCUT2D eigenvalue weighted by Crippen LogP contribution is -2.45. The Balaban J connectivity index is 1.71. The molecular weight excluding hydrogens is 437 g/mol. The molecule has 1 aromatic heterocycles. The standard InChI is InChI=1S/C15H14BrClFN3OS2/c1-21-12(7-11(20-24-21)13-4-5-14(16)23-13)15(22)19-8-2-3-10(18)9(17)6-8/h2-6,11-12,20H,7H2,1H3,(H,19,22)/t11-,12-/m0/s1. The Morgan fingerprint density at radius 1 is 1.46 bits per heavy atom. The summed E-state index contributed by atoms with van der Waals surface area (Å²) in [5.41, 5.74) is 0.485. The van der Waals surface area contributed by atoms with Gasteiger partial charge in [0.15, 0.2) is 0 Å². The van der Waals surface area contributed by atoms with Crippen LogP contribution in [-0.2, 0) is 4.79 Å². The van der Waals surface area contributed by atoms with Gasteiger partial charge in [-0.3, -0.25) is 4.79 Å². The number of likely N-dealkylation sites (N-methyl/N-ethyl adjacent to an activating group) is 1. The molecular formula is C15H14BrClFN3OS2. The molecule has 0 unspecified atom stereocenters. The van der Waals surface area contributed by atoms with Crippen LogP contribution in [0.25, 0.3) is 0 Å². The van der Waals surface area contributed by atoms with Crippen LogP contribution in [0, 0.1) is 5.82 Å². The molecule has 1 fully saturated rings. The molecule has 4 nitrogen and oxygen atoms in total. The maximum absolute atomic E-state index is 13.2. The number of carbonyl (C=O) groups excluding carboxylic acids is 1. The average molecular weight is 451 g/mol. The normalized spacial score (nSPS) is 21.7. The number of benzene rings is 1. The molecule has 9 heteroatoms. The third-order valence-corrected chi connectivity index (χ3v) is 6.62. The van der Waals surface area contributed by atoms with Gasteiger partial charge in [0, 0.05) is 22.7 Å². The highest BCUT2D eigenvalue weighted by Crippen LogP contribution is 2.35. The first-order valence-corrected chi connectivity index (χ1v) is 9.86. The van der Waals surface area contributed by atoms with Crippen molar-refractivity contribution >= 4 is 62.6 Å². The maximum Gasteiger partial charge on any atom is 0.242 e. The predicted octanol–water partition coefficient (Wildman–Crippen LogP) is 4.84. The fourth-order valence-corrected chi connectivity index (χ4v) is 4.96. The van der Waals surface area contributed by atoms with Crippen molar-refractivity contribution in [1.82, 2.24) is 9.03 Å². The van der Waals surface area contributed by atoms with Crippen molar-refractivity contribution in [3.8, 4) is 0 Å². The lowest BCUT2D eigenvalue weighted by Gasteiger charge is -2.35. The highest BCUT2D eigenvalue weighted by molar-refractivity contribution is 9.11. The Kier molecular flexibility index (Phi) is 5.84. The average Bonchev–Trinajstić information content (AvgIpc) is 2.98. The molecule has 2 atom stereocenters. The van der Waals surface area contributed by atoms with Crippen LogP contribution in [0.5, 0.6) is 0 Å². The molecule has 2 aromatic rings. The third kappa shape index (κ3) is 4.12. The summed E-state index contributed by atoms with van der Waals surface area (Å²) in [6, 6.07) is 7.98. The van der Waals surface area contributed by atoms with E-state index in [0.717, 1.165) is 3.79 Å². The van der Waals surface area contributed by atoms with Crippen molar-refractivity contribution in [2.45, 2.75) is 18.5 Å². The number of anilines is 1. The number of amides is 1. The Hall–Kier alpha value is -0.640. The number of halogens is 3. The second-order valence-electron chi connectivity index (χ2n) is 5.32. The van der Waals surface area contributed by atoms with Gasteiger partial charge in [-0.05, 0) is 59.7 Å². The zero-order valence-corrected chi connectivity index (χ0v) is 16.5. The summed E-state index contributed by atoms with van der Waals surface area (Å²) in [5, 5.41) is 2.80. The largest absolute Gasteiger partial charge is 0.325 e. The number of hydrogen-bond donors (Lipinski definition) is 2. The van der Waals surface area contributed by atoms with Gasteiger partial charge in [-0.15, -0.1) is 11.3 Å². The van der Waals surface area contributed by atoms with E-state index in [0.29, 0.717) is 12.1 Å². The fourth-order valence-electron chi connectivity index (χ4n) is 2.39. The lowest BCUT2D eigenvalue weighted by molar-refractivity contribution is -0.119. The SMILES string of the molecule is CN1SN[C@H](c2ccc(Br)s2)C[C@H]1C(=O)Nc1ccc(F)c(Cl)c1. The van der Waals surface area contributed by atoms with Gasteiger partial charge >= 0.3 is 0 Å². The smallest absolute Gasteiger partial charge is 0.242 e. The minimum atomic E-state index is -0.507. The fraction of sp³-hybridized carbons (Fsp3) is 0.267. The van der Waals surface area contributed by atoms with E-state index >= 15 is 0 Å². The van der Waals surface area contributed by atoms with Gasteiger partial charge < -0.3 is 5.32 Å². The Bertz CT molecular complexity index is 760. The van der Waals surface area contributed by atoms with Crippen LogP contribution in [0.2, 0.25) is 5.02 Å². The van der Waals surface area contributed by atoms with Gasteiger partial charge in [-0.1, -0.05) is 11.6 Å². The molecule has 0 bridgehead atoms. The van der Waals surface area contributed by atoms with E-state index in [1.807, 2.05) is 23.5 Å². The summed E-state index contributed by atoms with van der Waals surface area (Å²) in [4.78, 5) is 13.8. The molecule has 2 N–H and O–H groups in total. The van der Waals surface area contributed by atoms with E-state index in [1.54, 1.807) is 11.3 Å². The molecule has 0 spiro atoms. The van der Waals surface area contributed by atoms with Crippen LogP contribution in [0.1, 0.15) is 17.3 Å². The van der Waals surface area contributed by atoms with E-state index in [-0.39, 0.29) is 23.0 Å². The summed E-state index contributed by atoms with van der Waals surface area (Å²) < 4.78 is 19.5. The first-order chi connectivity index (χ1) is 11.4. The van der Waals surface area contributed by atoms with Crippen LogP contribution < -0.4 is 10.0 Å². The van der Waals surface area contributed by atoms with Gasteiger partial charge in [0.05, 0.1) is 14.9 Å². The van der Waals surface area contributed by atoms with E-state index in [4.69, 9.17) is 11.6 Å². The summed E-state index contributed by atoms with van der Waals surface area (Å²) >= 11 is 12.3. The maximum atomic E-state index is 13.2. The van der Waals surface area contributed by atoms with Crippen LogP contribution in [0.15, 0.2) is 34.1 Å². The first-order valence-electron chi connectivity index (χ1n) is 7.10. The Morgan fingerprint density at radius 2 is 2.25 bits per heavy atom. The second kappa shape index (κ2) is 7.72. The van der Waals surface area contributed by atoms with E-state index in [2.05, 4.69) is 26.0 Å². The van der Waals surface area contributed by atoms with Crippen molar-refractivity contribution in [3.05, 3.63) is 49.8 Å². The molecule has 1 saturated heterocycles. The van der Waals surface area contributed by atoms with E-state index < -0.39 is 5.82 Å². The van der Waals surface area contributed by atoms with Gasteiger partial charge in [0.25, 0.3) is 0 Å². The quantitative estimate of drug-likeness (QED) is 0.657. The topological polar surface area (TPSA) is 44.4 Å². The summed E-state index contributed by atoms with van der Waals surface area (Å²) in [6.07, 6.45) is 0.636. The minimum absolute atomic E-state index is 0.0119. The van der Waals surface area contributed by atoms with Crippen LogP contribution in [0.3, 0.4) is 0 Å². The number of nitrogens with one attached hydrogen (secondary N) is 2. The molecule has 2 heterocycles. The molecule has 1 amide bonds. The minimum Gasteiger partial charge on any atom is -0.325 e. The van der Waals surface area contributed by atoms with Crippen LogP contribution in [0.4, 0.5) is 10.1 Å². The summed E-state index contributed by atoms with van der Waals surface area (Å²) in [5.74, 6) is -0.651. The molecule has 3 rings (SSSR count). The summed E-state index contributed by atoms with van der Waals surface area (Å²) in [6.45, 7) is 0. The molecule has 0 saturated carbocycles. The second-order valence-corrected chi connectivity index (χ2v) is 9.22. The summed E-state index contributed by atoms with van der Waals surface area (Å²) in [7, 11) is 1.86.